The maximum Gasteiger partial charge on any atom is 0.130 e. The molecule has 1 N–H and O–H groups in total. The van der Waals surface area contributed by atoms with Crippen LogP contribution in [0.5, 0.6) is 0 Å². The molecule has 19 heavy (non-hydrogen) atoms. The maximum absolute atomic E-state index is 9.99. The molecule has 0 radical (unpaired) electrons. The third-order valence-corrected chi connectivity index (χ3v) is 3.12. The van der Waals surface area contributed by atoms with Crippen LogP contribution >= 0.6 is 0 Å². The van der Waals surface area contributed by atoms with Crippen LogP contribution in [0.25, 0.3) is 12.2 Å². The van der Waals surface area contributed by atoms with Gasteiger partial charge in [0.1, 0.15) is 17.9 Å². The number of hydrogen-bond donors (Lipinski definition) is 1. The lowest BCUT2D eigenvalue weighted by Crippen LogP contribution is -2.10. The highest BCUT2D eigenvalue weighted by atomic mass is 16.5. The summed E-state index contributed by atoms with van der Waals surface area (Å²) in [5.41, 5.74) is 2.36. The van der Waals surface area contributed by atoms with Crippen LogP contribution in [0.1, 0.15) is 43.6 Å². The SMILES string of the molecule is CCOC1=Cc2c(c(C#N)cn2C(C)C)C=CC1O. The van der Waals surface area contributed by atoms with Crippen LogP contribution < -0.4 is 0 Å². The molecule has 4 heteroatoms. The number of nitrogens with zero attached hydrogens (tertiary/aromatic N) is 2. The Labute approximate surface area is 113 Å². The number of rotatable bonds is 3. The largest absolute Gasteiger partial charge is 0.495 e. The monoisotopic (exact) mass is 258 g/mol. The third-order valence-electron chi connectivity index (χ3n) is 3.12. The number of aliphatic hydroxyl groups is 1. The molecule has 1 aliphatic rings. The van der Waals surface area contributed by atoms with Crippen molar-refractivity contribution in [1.29, 1.82) is 5.26 Å². The Hall–Kier alpha value is -1.99. The standard InChI is InChI=1S/C15H18N2O2/c1-4-19-15-7-13-12(5-6-14(15)18)11(8-16)9-17(13)10(2)3/h5-7,9-10,14,18H,4H2,1-3H3. The first-order valence-electron chi connectivity index (χ1n) is 6.44. The summed E-state index contributed by atoms with van der Waals surface area (Å²) in [5.74, 6) is 0.516. The van der Waals surface area contributed by atoms with E-state index in [4.69, 9.17) is 4.74 Å². The second-order valence-corrected chi connectivity index (χ2v) is 4.74. The smallest absolute Gasteiger partial charge is 0.130 e. The van der Waals surface area contributed by atoms with Crippen LogP contribution in [-0.4, -0.2) is 22.4 Å². The summed E-state index contributed by atoms with van der Waals surface area (Å²) < 4.78 is 7.50. The van der Waals surface area contributed by atoms with Gasteiger partial charge in [-0.2, -0.15) is 5.26 Å². The Balaban J connectivity index is 2.62. The fourth-order valence-corrected chi connectivity index (χ4v) is 2.20. The fraction of sp³-hybridized carbons (Fsp3) is 0.400. The van der Waals surface area contributed by atoms with Crippen LogP contribution in [-0.2, 0) is 4.74 Å². The van der Waals surface area contributed by atoms with Crippen molar-refractivity contribution < 1.29 is 9.84 Å². The molecule has 1 unspecified atom stereocenters. The zero-order valence-electron chi connectivity index (χ0n) is 11.4. The molecule has 0 bridgehead atoms. The van der Waals surface area contributed by atoms with Gasteiger partial charge in [0, 0.05) is 23.9 Å². The van der Waals surface area contributed by atoms with Crippen molar-refractivity contribution in [3.05, 3.63) is 34.9 Å². The highest BCUT2D eigenvalue weighted by Crippen LogP contribution is 2.28. The fourth-order valence-electron chi connectivity index (χ4n) is 2.20. The normalized spacial score (nSPS) is 17.7. The molecule has 0 fully saturated rings. The Morgan fingerprint density at radius 3 is 2.84 bits per heavy atom. The second kappa shape index (κ2) is 5.33. The minimum atomic E-state index is -0.764. The highest BCUT2D eigenvalue weighted by Gasteiger charge is 2.20. The Kier molecular flexibility index (Phi) is 3.77. The van der Waals surface area contributed by atoms with Gasteiger partial charge in [0.25, 0.3) is 0 Å². The van der Waals surface area contributed by atoms with E-state index in [2.05, 4.69) is 19.9 Å². The molecule has 0 spiro atoms. The highest BCUT2D eigenvalue weighted by molar-refractivity contribution is 5.72. The summed E-state index contributed by atoms with van der Waals surface area (Å²) in [7, 11) is 0. The molecule has 0 saturated heterocycles. The van der Waals surface area contributed by atoms with Crippen molar-refractivity contribution in [2.24, 2.45) is 0 Å². The Bertz CT molecular complexity index is 574. The summed E-state index contributed by atoms with van der Waals surface area (Å²) in [6.07, 6.45) is 6.35. The molecule has 1 aromatic rings. The van der Waals surface area contributed by atoms with Crippen molar-refractivity contribution in [2.75, 3.05) is 6.61 Å². The predicted octanol–water partition coefficient (Wildman–Crippen LogP) is 2.71. The van der Waals surface area contributed by atoms with E-state index in [0.717, 1.165) is 11.3 Å². The van der Waals surface area contributed by atoms with Gasteiger partial charge in [0.2, 0.25) is 0 Å². The van der Waals surface area contributed by atoms with Crippen LogP contribution in [0.4, 0.5) is 0 Å². The summed E-state index contributed by atoms with van der Waals surface area (Å²) in [5, 5.41) is 19.2. The van der Waals surface area contributed by atoms with E-state index in [0.29, 0.717) is 17.9 Å². The van der Waals surface area contributed by atoms with Crippen LogP contribution in [0.3, 0.4) is 0 Å². The van der Waals surface area contributed by atoms with E-state index in [9.17, 15) is 10.4 Å². The number of fused-ring (bicyclic) bond motifs is 1. The summed E-state index contributed by atoms with van der Waals surface area (Å²) in [6.45, 7) is 6.49. The number of aliphatic hydroxyl groups excluding tert-OH is 1. The molecule has 100 valence electrons. The summed E-state index contributed by atoms with van der Waals surface area (Å²) >= 11 is 0. The predicted molar refractivity (Wildman–Crippen MR) is 74.2 cm³/mol. The van der Waals surface area contributed by atoms with Crippen molar-refractivity contribution in [3.63, 3.8) is 0 Å². The van der Waals surface area contributed by atoms with Gasteiger partial charge < -0.3 is 14.4 Å². The molecule has 0 amide bonds. The summed E-state index contributed by atoms with van der Waals surface area (Å²) in [6, 6.07) is 2.43. The Morgan fingerprint density at radius 1 is 1.53 bits per heavy atom. The van der Waals surface area contributed by atoms with E-state index < -0.39 is 6.10 Å². The number of hydrogen-bond acceptors (Lipinski definition) is 3. The van der Waals surface area contributed by atoms with Crippen molar-refractivity contribution in [3.8, 4) is 6.07 Å². The van der Waals surface area contributed by atoms with Crippen molar-refractivity contribution >= 4 is 12.2 Å². The van der Waals surface area contributed by atoms with Gasteiger partial charge in [0.15, 0.2) is 0 Å². The molecule has 1 aromatic heterocycles. The van der Waals surface area contributed by atoms with Crippen LogP contribution in [0.2, 0.25) is 0 Å². The molecule has 0 saturated carbocycles. The lowest BCUT2D eigenvalue weighted by molar-refractivity contribution is 0.138. The maximum atomic E-state index is 9.99. The zero-order valence-corrected chi connectivity index (χ0v) is 11.4. The van der Waals surface area contributed by atoms with E-state index in [1.165, 1.54) is 0 Å². The average molecular weight is 258 g/mol. The molecule has 1 aliphatic carbocycles. The number of nitriles is 1. The average Bonchev–Trinajstić information content (AvgIpc) is 2.65. The lowest BCUT2D eigenvalue weighted by atomic mass is 10.1. The topological polar surface area (TPSA) is 58.2 Å². The van der Waals surface area contributed by atoms with Crippen molar-refractivity contribution in [2.45, 2.75) is 32.9 Å². The second-order valence-electron chi connectivity index (χ2n) is 4.74. The zero-order chi connectivity index (χ0) is 14.0. The molecular formula is C15H18N2O2. The Morgan fingerprint density at radius 2 is 2.26 bits per heavy atom. The molecule has 1 atom stereocenters. The summed E-state index contributed by atoms with van der Waals surface area (Å²) in [4.78, 5) is 0. The van der Waals surface area contributed by atoms with Gasteiger partial charge in [0.05, 0.1) is 17.9 Å². The van der Waals surface area contributed by atoms with E-state index >= 15 is 0 Å². The van der Waals surface area contributed by atoms with Gasteiger partial charge in [-0.25, -0.2) is 0 Å². The minimum Gasteiger partial charge on any atom is -0.495 e. The quantitative estimate of drug-likeness (QED) is 0.906. The van der Waals surface area contributed by atoms with Gasteiger partial charge in [-0.1, -0.05) is 6.08 Å². The molecule has 4 nitrogen and oxygen atoms in total. The van der Waals surface area contributed by atoms with Crippen LogP contribution in [0, 0.1) is 11.3 Å². The third kappa shape index (κ3) is 2.42. The van der Waals surface area contributed by atoms with Gasteiger partial charge >= 0.3 is 0 Å². The van der Waals surface area contributed by atoms with Gasteiger partial charge in [-0.15, -0.1) is 0 Å². The first-order chi connectivity index (χ1) is 9.08. The van der Waals surface area contributed by atoms with Crippen LogP contribution in [0.15, 0.2) is 18.0 Å². The molecule has 0 aromatic carbocycles. The van der Waals surface area contributed by atoms with Crippen molar-refractivity contribution in [1.82, 2.24) is 4.57 Å². The number of aromatic nitrogens is 1. The minimum absolute atomic E-state index is 0.235. The van der Waals surface area contributed by atoms with E-state index in [1.54, 1.807) is 12.2 Å². The molecule has 1 heterocycles. The van der Waals surface area contributed by atoms with Gasteiger partial charge in [-0.3, -0.25) is 0 Å². The lowest BCUT2D eigenvalue weighted by Gasteiger charge is -2.14. The number of ether oxygens (including phenoxy) is 1. The first-order valence-corrected chi connectivity index (χ1v) is 6.44. The molecule has 2 rings (SSSR count). The van der Waals surface area contributed by atoms with E-state index in [-0.39, 0.29) is 6.04 Å². The van der Waals surface area contributed by atoms with E-state index in [1.807, 2.05) is 23.8 Å². The molecule has 0 aliphatic heterocycles. The first kappa shape index (κ1) is 13.4. The molecular weight excluding hydrogens is 240 g/mol. The van der Waals surface area contributed by atoms with Gasteiger partial charge in [-0.05, 0) is 26.8 Å².